The Morgan fingerprint density at radius 3 is 3.00 bits per heavy atom. The molecule has 1 heterocycles. The number of likely N-dealkylation sites (N-methyl/N-ethyl adjacent to an activating group) is 1. The van der Waals surface area contributed by atoms with Crippen molar-refractivity contribution in [2.45, 2.75) is 0 Å². The summed E-state index contributed by atoms with van der Waals surface area (Å²) in [5.74, 6) is 0.233. The Labute approximate surface area is 92.5 Å². The van der Waals surface area contributed by atoms with Gasteiger partial charge in [-0.2, -0.15) is 0 Å². The molecule has 0 saturated heterocycles. The number of carbonyl (C=O) groups excluding carboxylic acids is 1. The first-order valence-electron chi connectivity index (χ1n) is 4.84. The van der Waals surface area contributed by atoms with Crippen LogP contribution in [0, 0.1) is 0 Å². The van der Waals surface area contributed by atoms with E-state index >= 15 is 0 Å². The lowest BCUT2D eigenvalue weighted by Gasteiger charge is -2.06. The SMILES string of the molecule is CNC(=O)COc1ncnc2ccccc12. The van der Waals surface area contributed by atoms with Crippen molar-refractivity contribution in [1.29, 1.82) is 0 Å². The molecule has 2 rings (SSSR count). The zero-order valence-electron chi connectivity index (χ0n) is 8.80. The van der Waals surface area contributed by atoms with Gasteiger partial charge >= 0.3 is 0 Å². The van der Waals surface area contributed by atoms with Gasteiger partial charge in [0.25, 0.3) is 5.91 Å². The summed E-state index contributed by atoms with van der Waals surface area (Å²) in [5, 5.41) is 3.28. The number of amides is 1. The highest BCUT2D eigenvalue weighted by atomic mass is 16.5. The molecule has 0 aliphatic heterocycles. The summed E-state index contributed by atoms with van der Waals surface area (Å²) in [6, 6.07) is 7.48. The summed E-state index contributed by atoms with van der Waals surface area (Å²) in [4.78, 5) is 19.1. The Morgan fingerprint density at radius 1 is 1.38 bits per heavy atom. The Balaban J connectivity index is 2.27. The van der Waals surface area contributed by atoms with Crippen LogP contribution in [0.4, 0.5) is 0 Å². The van der Waals surface area contributed by atoms with Crippen LogP contribution in [0.25, 0.3) is 10.9 Å². The molecule has 1 amide bonds. The molecule has 0 radical (unpaired) electrons. The molecule has 5 nitrogen and oxygen atoms in total. The third-order valence-corrected chi connectivity index (χ3v) is 2.13. The van der Waals surface area contributed by atoms with Crippen LogP contribution in [0.15, 0.2) is 30.6 Å². The van der Waals surface area contributed by atoms with Gasteiger partial charge in [-0.1, -0.05) is 12.1 Å². The van der Waals surface area contributed by atoms with Crippen molar-refractivity contribution in [3.63, 3.8) is 0 Å². The van der Waals surface area contributed by atoms with Crippen molar-refractivity contribution in [3.8, 4) is 5.88 Å². The molecule has 1 aromatic carbocycles. The van der Waals surface area contributed by atoms with Gasteiger partial charge in [-0.15, -0.1) is 0 Å². The van der Waals surface area contributed by atoms with Gasteiger partial charge in [0.05, 0.1) is 10.9 Å². The standard InChI is InChI=1S/C11H11N3O2/c1-12-10(15)6-16-11-8-4-2-3-5-9(8)13-7-14-11/h2-5,7H,6H2,1H3,(H,12,15). The number of carbonyl (C=O) groups is 1. The number of nitrogens with one attached hydrogen (secondary N) is 1. The second kappa shape index (κ2) is 4.57. The summed E-state index contributed by atoms with van der Waals surface area (Å²) in [7, 11) is 1.56. The monoisotopic (exact) mass is 217 g/mol. The molecule has 82 valence electrons. The molecule has 16 heavy (non-hydrogen) atoms. The fraction of sp³-hybridized carbons (Fsp3) is 0.182. The van der Waals surface area contributed by atoms with Crippen LogP contribution in [0.2, 0.25) is 0 Å². The third kappa shape index (κ3) is 2.08. The number of hydrogen-bond acceptors (Lipinski definition) is 4. The number of aromatic nitrogens is 2. The first-order chi connectivity index (χ1) is 7.81. The van der Waals surface area contributed by atoms with Crippen molar-refractivity contribution in [1.82, 2.24) is 15.3 Å². The van der Waals surface area contributed by atoms with E-state index in [1.807, 2.05) is 24.3 Å². The molecule has 0 bridgehead atoms. The number of rotatable bonds is 3. The number of ether oxygens (including phenoxy) is 1. The van der Waals surface area contributed by atoms with Crippen LogP contribution < -0.4 is 10.1 Å². The van der Waals surface area contributed by atoms with Crippen LogP contribution in [0.3, 0.4) is 0 Å². The molecule has 5 heteroatoms. The van der Waals surface area contributed by atoms with Crippen molar-refractivity contribution < 1.29 is 9.53 Å². The zero-order chi connectivity index (χ0) is 11.4. The molecule has 0 aliphatic rings. The number of fused-ring (bicyclic) bond motifs is 1. The Bertz CT molecular complexity index is 508. The lowest BCUT2D eigenvalue weighted by molar-refractivity contribution is -0.122. The van der Waals surface area contributed by atoms with Crippen LogP contribution in [-0.4, -0.2) is 29.5 Å². The predicted octanol–water partition coefficient (Wildman–Crippen LogP) is 0.755. The smallest absolute Gasteiger partial charge is 0.257 e. The zero-order valence-corrected chi connectivity index (χ0v) is 8.80. The van der Waals surface area contributed by atoms with Gasteiger partial charge < -0.3 is 10.1 Å². The summed E-state index contributed by atoms with van der Waals surface area (Å²) in [5.41, 5.74) is 0.796. The summed E-state index contributed by atoms with van der Waals surface area (Å²) >= 11 is 0. The van der Waals surface area contributed by atoms with E-state index in [4.69, 9.17) is 4.74 Å². The molecule has 0 saturated carbocycles. The topological polar surface area (TPSA) is 64.1 Å². The van der Waals surface area contributed by atoms with E-state index in [1.165, 1.54) is 6.33 Å². The molecular weight excluding hydrogens is 206 g/mol. The molecule has 1 N–H and O–H groups in total. The van der Waals surface area contributed by atoms with E-state index in [1.54, 1.807) is 7.05 Å². The van der Waals surface area contributed by atoms with Gasteiger partial charge in [0.15, 0.2) is 6.61 Å². The molecule has 0 atom stereocenters. The average Bonchev–Trinajstić information content (AvgIpc) is 2.35. The first-order valence-corrected chi connectivity index (χ1v) is 4.84. The highest BCUT2D eigenvalue weighted by Crippen LogP contribution is 2.20. The molecule has 2 aromatic rings. The predicted molar refractivity (Wildman–Crippen MR) is 59.1 cm³/mol. The van der Waals surface area contributed by atoms with Gasteiger partial charge in [-0.05, 0) is 12.1 Å². The lowest BCUT2D eigenvalue weighted by Crippen LogP contribution is -2.25. The van der Waals surface area contributed by atoms with Crippen LogP contribution in [0.1, 0.15) is 0 Å². The lowest BCUT2D eigenvalue weighted by atomic mass is 10.2. The van der Waals surface area contributed by atoms with E-state index in [0.29, 0.717) is 5.88 Å². The van der Waals surface area contributed by atoms with Crippen molar-refractivity contribution >= 4 is 16.8 Å². The van der Waals surface area contributed by atoms with E-state index < -0.39 is 0 Å². The highest BCUT2D eigenvalue weighted by molar-refractivity contribution is 5.83. The van der Waals surface area contributed by atoms with E-state index in [2.05, 4.69) is 15.3 Å². The second-order valence-corrected chi connectivity index (χ2v) is 3.16. The minimum atomic E-state index is -0.192. The number of nitrogens with zero attached hydrogens (tertiary/aromatic N) is 2. The van der Waals surface area contributed by atoms with E-state index in [9.17, 15) is 4.79 Å². The second-order valence-electron chi connectivity index (χ2n) is 3.16. The van der Waals surface area contributed by atoms with Crippen LogP contribution >= 0.6 is 0 Å². The summed E-state index contributed by atoms with van der Waals surface area (Å²) in [6.45, 7) is -0.0441. The van der Waals surface area contributed by atoms with Gasteiger partial charge in [0.1, 0.15) is 6.33 Å². The maximum Gasteiger partial charge on any atom is 0.257 e. The van der Waals surface area contributed by atoms with E-state index in [0.717, 1.165) is 10.9 Å². The molecule has 0 fully saturated rings. The van der Waals surface area contributed by atoms with Gasteiger partial charge in [-0.25, -0.2) is 9.97 Å². The Hall–Kier alpha value is -2.17. The third-order valence-electron chi connectivity index (χ3n) is 2.13. The molecular formula is C11H11N3O2. The number of benzene rings is 1. The summed E-state index contributed by atoms with van der Waals surface area (Å²) < 4.78 is 5.31. The van der Waals surface area contributed by atoms with E-state index in [-0.39, 0.29) is 12.5 Å². The largest absolute Gasteiger partial charge is 0.467 e. The van der Waals surface area contributed by atoms with Crippen LogP contribution in [-0.2, 0) is 4.79 Å². The Morgan fingerprint density at radius 2 is 2.19 bits per heavy atom. The fourth-order valence-electron chi connectivity index (χ4n) is 1.30. The van der Waals surface area contributed by atoms with Gasteiger partial charge in [0, 0.05) is 7.05 Å². The molecule has 0 aliphatic carbocycles. The maximum atomic E-state index is 11.0. The molecule has 0 unspecified atom stereocenters. The van der Waals surface area contributed by atoms with Crippen molar-refractivity contribution in [3.05, 3.63) is 30.6 Å². The van der Waals surface area contributed by atoms with Crippen LogP contribution in [0.5, 0.6) is 5.88 Å². The normalized spacial score (nSPS) is 10.1. The Kier molecular flexibility index (Phi) is 2.95. The van der Waals surface area contributed by atoms with Gasteiger partial charge in [0.2, 0.25) is 5.88 Å². The highest BCUT2D eigenvalue weighted by Gasteiger charge is 2.05. The van der Waals surface area contributed by atoms with Crippen molar-refractivity contribution in [2.24, 2.45) is 0 Å². The van der Waals surface area contributed by atoms with Gasteiger partial charge in [-0.3, -0.25) is 4.79 Å². The minimum absolute atomic E-state index is 0.0441. The maximum absolute atomic E-state index is 11.0. The molecule has 0 spiro atoms. The fourth-order valence-corrected chi connectivity index (χ4v) is 1.30. The minimum Gasteiger partial charge on any atom is -0.467 e. The molecule has 1 aromatic heterocycles. The first kappa shape index (κ1) is 10.4. The number of hydrogen-bond donors (Lipinski definition) is 1. The van der Waals surface area contributed by atoms with Crippen molar-refractivity contribution in [2.75, 3.05) is 13.7 Å². The summed E-state index contributed by atoms with van der Waals surface area (Å²) in [6.07, 6.45) is 1.42. The average molecular weight is 217 g/mol. The number of para-hydroxylation sites is 1. The quantitative estimate of drug-likeness (QED) is 0.824.